The molecule has 6 heteroatoms. The van der Waals surface area contributed by atoms with Crippen molar-refractivity contribution in [2.75, 3.05) is 39.4 Å². The molecule has 0 saturated carbocycles. The first kappa shape index (κ1) is 21.0. The highest BCUT2D eigenvalue weighted by Crippen LogP contribution is 1.98. The monoisotopic (exact) mass is 348 g/mol. The van der Waals surface area contributed by atoms with Crippen LogP contribution in [0.15, 0.2) is 35.3 Å². The topological polar surface area (TPSA) is 74.8 Å². The molecule has 1 aromatic rings. The normalized spacial score (nSPS) is 11.2. The molecule has 0 spiro atoms. The van der Waals surface area contributed by atoms with E-state index < -0.39 is 0 Å². The van der Waals surface area contributed by atoms with Crippen molar-refractivity contribution in [1.29, 1.82) is 0 Å². The fourth-order valence-corrected chi connectivity index (χ4v) is 2.22. The summed E-state index contributed by atoms with van der Waals surface area (Å²) in [4.78, 5) is 16.2. The summed E-state index contributed by atoms with van der Waals surface area (Å²) in [7, 11) is 0. The first-order valence-corrected chi connectivity index (χ1v) is 9.16. The molecule has 1 aromatic carbocycles. The van der Waals surface area contributed by atoms with Gasteiger partial charge in [-0.15, -0.1) is 0 Å². The van der Waals surface area contributed by atoms with E-state index in [4.69, 9.17) is 4.74 Å². The Kier molecular flexibility index (Phi) is 12.0. The summed E-state index contributed by atoms with van der Waals surface area (Å²) in [5, 5.41) is 9.29. The Bertz CT molecular complexity index is 491. The zero-order chi connectivity index (χ0) is 18.2. The van der Waals surface area contributed by atoms with Gasteiger partial charge < -0.3 is 20.7 Å². The van der Waals surface area contributed by atoms with Crippen LogP contribution >= 0.6 is 0 Å². The zero-order valence-corrected chi connectivity index (χ0v) is 15.5. The number of unbranched alkanes of at least 4 members (excludes halogenated alkanes) is 1. The van der Waals surface area contributed by atoms with Gasteiger partial charge in [0.25, 0.3) is 0 Å². The van der Waals surface area contributed by atoms with E-state index in [9.17, 15) is 4.79 Å². The van der Waals surface area contributed by atoms with Crippen LogP contribution in [0.25, 0.3) is 0 Å². The van der Waals surface area contributed by atoms with E-state index >= 15 is 0 Å². The highest BCUT2D eigenvalue weighted by Gasteiger charge is 2.02. The van der Waals surface area contributed by atoms with Gasteiger partial charge >= 0.3 is 0 Å². The van der Waals surface area contributed by atoms with Crippen molar-refractivity contribution in [3.05, 3.63) is 35.9 Å². The van der Waals surface area contributed by atoms with Gasteiger partial charge in [-0.05, 0) is 38.7 Å². The molecule has 0 aromatic heterocycles. The van der Waals surface area contributed by atoms with Gasteiger partial charge in [0.1, 0.15) is 6.54 Å². The average molecular weight is 348 g/mol. The Labute approximate surface area is 151 Å². The Morgan fingerprint density at radius 3 is 2.56 bits per heavy atom. The minimum absolute atomic E-state index is 0.0653. The number of rotatable bonds is 12. The number of benzene rings is 1. The minimum Gasteiger partial charge on any atom is -0.382 e. The van der Waals surface area contributed by atoms with E-state index in [1.165, 1.54) is 5.56 Å². The lowest BCUT2D eigenvalue weighted by atomic mass is 10.1. The summed E-state index contributed by atoms with van der Waals surface area (Å²) < 4.78 is 5.31. The molecule has 25 heavy (non-hydrogen) atoms. The van der Waals surface area contributed by atoms with Crippen molar-refractivity contribution in [2.45, 2.75) is 33.1 Å². The molecular formula is C19H32N4O2. The van der Waals surface area contributed by atoms with Crippen LogP contribution in [0.1, 0.15) is 32.3 Å². The third kappa shape index (κ3) is 11.2. The molecule has 3 N–H and O–H groups in total. The van der Waals surface area contributed by atoms with Crippen molar-refractivity contribution < 1.29 is 9.53 Å². The number of guanidine groups is 1. The number of carbonyl (C=O) groups excluding carboxylic acids is 1. The maximum absolute atomic E-state index is 11.9. The SMILES string of the molecule is CCNC(=NCC(=O)NCCc1ccccc1)NCCCCOCC. The van der Waals surface area contributed by atoms with Crippen LogP contribution in [0.2, 0.25) is 0 Å². The van der Waals surface area contributed by atoms with E-state index in [-0.39, 0.29) is 12.5 Å². The molecule has 1 rings (SSSR count). The summed E-state index contributed by atoms with van der Waals surface area (Å²) >= 11 is 0. The Hall–Kier alpha value is -2.08. The molecule has 0 heterocycles. The van der Waals surface area contributed by atoms with Gasteiger partial charge in [-0.1, -0.05) is 30.3 Å². The van der Waals surface area contributed by atoms with Crippen molar-refractivity contribution in [3.63, 3.8) is 0 Å². The van der Waals surface area contributed by atoms with E-state index in [1.54, 1.807) is 0 Å². The van der Waals surface area contributed by atoms with Gasteiger partial charge in [-0.25, -0.2) is 4.99 Å². The summed E-state index contributed by atoms with van der Waals surface area (Å²) in [6.07, 6.45) is 2.85. The summed E-state index contributed by atoms with van der Waals surface area (Å²) in [6, 6.07) is 10.1. The molecule has 6 nitrogen and oxygen atoms in total. The average Bonchev–Trinajstić information content (AvgIpc) is 2.63. The zero-order valence-electron chi connectivity index (χ0n) is 15.5. The number of nitrogens with one attached hydrogen (secondary N) is 3. The second-order valence-electron chi connectivity index (χ2n) is 5.61. The van der Waals surface area contributed by atoms with Crippen LogP contribution in [0, 0.1) is 0 Å². The molecule has 0 aliphatic rings. The van der Waals surface area contributed by atoms with Crippen LogP contribution in [-0.4, -0.2) is 51.3 Å². The number of ether oxygens (including phenoxy) is 1. The standard InChI is InChI=1S/C19H32N4O2/c1-3-20-19(22-13-8-9-15-25-4-2)23-16-18(24)21-14-12-17-10-6-5-7-11-17/h5-7,10-11H,3-4,8-9,12-16H2,1-2H3,(H,21,24)(H2,20,22,23). The lowest BCUT2D eigenvalue weighted by Crippen LogP contribution is -2.39. The van der Waals surface area contributed by atoms with Crippen LogP contribution in [0.3, 0.4) is 0 Å². The maximum atomic E-state index is 11.9. The van der Waals surface area contributed by atoms with Gasteiger partial charge in [-0.3, -0.25) is 4.79 Å². The fourth-order valence-electron chi connectivity index (χ4n) is 2.22. The van der Waals surface area contributed by atoms with E-state index in [2.05, 4.69) is 33.1 Å². The summed E-state index contributed by atoms with van der Waals surface area (Å²) in [5.41, 5.74) is 1.22. The molecule has 0 aliphatic carbocycles. The third-order valence-electron chi connectivity index (χ3n) is 3.52. The van der Waals surface area contributed by atoms with E-state index in [0.29, 0.717) is 12.5 Å². The van der Waals surface area contributed by atoms with Crippen molar-refractivity contribution >= 4 is 11.9 Å². The van der Waals surface area contributed by atoms with E-state index in [1.807, 2.05) is 32.0 Å². The highest BCUT2D eigenvalue weighted by molar-refractivity contribution is 5.84. The van der Waals surface area contributed by atoms with Gasteiger partial charge in [0.15, 0.2) is 5.96 Å². The predicted molar refractivity (Wildman–Crippen MR) is 103 cm³/mol. The minimum atomic E-state index is -0.0653. The Balaban J connectivity index is 2.21. The smallest absolute Gasteiger partial charge is 0.241 e. The van der Waals surface area contributed by atoms with Gasteiger partial charge in [0, 0.05) is 32.8 Å². The number of carbonyl (C=O) groups is 1. The number of nitrogens with zero attached hydrogens (tertiary/aromatic N) is 1. The van der Waals surface area contributed by atoms with Crippen LogP contribution in [0.5, 0.6) is 0 Å². The molecule has 0 aliphatic heterocycles. The van der Waals surface area contributed by atoms with E-state index in [0.717, 1.165) is 45.6 Å². The number of hydrogen-bond donors (Lipinski definition) is 3. The first-order chi connectivity index (χ1) is 12.3. The quantitative estimate of drug-likeness (QED) is 0.305. The molecule has 1 amide bonds. The molecule has 0 fully saturated rings. The molecule has 0 atom stereocenters. The van der Waals surface area contributed by atoms with Crippen LogP contribution in [-0.2, 0) is 16.0 Å². The number of aliphatic imine (C=N–C) groups is 1. The summed E-state index contributed by atoms with van der Waals surface area (Å²) in [5.74, 6) is 0.613. The van der Waals surface area contributed by atoms with Gasteiger partial charge in [0.05, 0.1) is 0 Å². The maximum Gasteiger partial charge on any atom is 0.241 e. The molecule has 0 unspecified atom stereocenters. The largest absolute Gasteiger partial charge is 0.382 e. The molecule has 0 bridgehead atoms. The molecular weight excluding hydrogens is 316 g/mol. The third-order valence-corrected chi connectivity index (χ3v) is 3.52. The fraction of sp³-hybridized carbons (Fsp3) is 0.579. The molecule has 140 valence electrons. The Morgan fingerprint density at radius 2 is 1.84 bits per heavy atom. The lowest BCUT2D eigenvalue weighted by molar-refractivity contribution is -0.119. The highest BCUT2D eigenvalue weighted by atomic mass is 16.5. The Morgan fingerprint density at radius 1 is 1.04 bits per heavy atom. The number of hydrogen-bond acceptors (Lipinski definition) is 3. The van der Waals surface area contributed by atoms with Gasteiger partial charge in [0.2, 0.25) is 5.91 Å². The number of amides is 1. The first-order valence-electron chi connectivity index (χ1n) is 9.16. The summed E-state index contributed by atoms with van der Waals surface area (Å²) in [6.45, 7) is 7.88. The second-order valence-corrected chi connectivity index (χ2v) is 5.61. The van der Waals surface area contributed by atoms with Gasteiger partial charge in [-0.2, -0.15) is 0 Å². The van der Waals surface area contributed by atoms with Crippen LogP contribution < -0.4 is 16.0 Å². The predicted octanol–water partition coefficient (Wildman–Crippen LogP) is 1.72. The lowest BCUT2D eigenvalue weighted by Gasteiger charge is -2.11. The van der Waals surface area contributed by atoms with Crippen molar-refractivity contribution in [2.24, 2.45) is 4.99 Å². The van der Waals surface area contributed by atoms with Crippen LogP contribution in [0.4, 0.5) is 0 Å². The van der Waals surface area contributed by atoms with Crippen molar-refractivity contribution in [3.8, 4) is 0 Å². The molecule has 0 radical (unpaired) electrons. The van der Waals surface area contributed by atoms with Crippen molar-refractivity contribution in [1.82, 2.24) is 16.0 Å². The molecule has 0 saturated heterocycles. The second kappa shape index (κ2) is 14.3.